The summed E-state index contributed by atoms with van der Waals surface area (Å²) < 4.78 is 24.1. The molecule has 0 amide bonds. The van der Waals surface area contributed by atoms with Gasteiger partial charge in [-0.25, -0.2) is 13.2 Å². The van der Waals surface area contributed by atoms with E-state index in [-0.39, 0.29) is 26.8 Å². The van der Waals surface area contributed by atoms with Crippen LogP contribution in [0.1, 0.15) is 22.3 Å². The molecule has 0 atom stereocenters. The van der Waals surface area contributed by atoms with E-state index in [4.69, 9.17) is 16.7 Å². The average Bonchev–Trinajstić information content (AvgIpc) is 2.28. The summed E-state index contributed by atoms with van der Waals surface area (Å²) in [6.45, 7) is 4.92. The van der Waals surface area contributed by atoms with Gasteiger partial charge in [0.1, 0.15) is 0 Å². The number of benzene rings is 1. The molecule has 0 heterocycles. The largest absolute Gasteiger partial charge is 0.478 e. The molecule has 0 bridgehead atoms. The standard InChI is InChI=1S/C12H13ClO4S/c1-3-4-5-18(16,17)11-7-9(13)6-10(8(11)2)12(14)15/h3,6-7H,1,4-5H2,2H3,(H,14,15). The Labute approximate surface area is 111 Å². The Morgan fingerprint density at radius 2 is 2.11 bits per heavy atom. The molecule has 0 unspecified atom stereocenters. The van der Waals surface area contributed by atoms with Gasteiger partial charge in [0.25, 0.3) is 0 Å². The summed E-state index contributed by atoms with van der Waals surface area (Å²) in [7, 11) is -3.55. The number of sulfone groups is 1. The first-order valence-corrected chi connectivity index (χ1v) is 7.19. The molecule has 1 rings (SSSR count). The Hall–Kier alpha value is -1.33. The Morgan fingerprint density at radius 3 is 2.61 bits per heavy atom. The van der Waals surface area contributed by atoms with E-state index < -0.39 is 15.8 Å². The van der Waals surface area contributed by atoms with Crippen LogP contribution in [0, 0.1) is 6.92 Å². The summed E-state index contributed by atoms with van der Waals surface area (Å²) in [5.74, 6) is -1.31. The Morgan fingerprint density at radius 1 is 1.50 bits per heavy atom. The molecule has 0 radical (unpaired) electrons. The number of carbonyl (C=O) groups is 1. The second kappa shape index (κ2) is 5.54. The fraction of sp³-hybridized carbons (Fsp3) is 0.250. The summed E-state index contributed by atoms with van der Waals surface area (Å²) in [5.41, 5.74) is 0.107. The van der Waals surface area contributed by atoms with Crippen LogP contribution in [0.3, 0.4) is 0 Å². The lowest BCUT2D eigenvalue weighted by Crippen LogP contribution is -2.11. The highest BCUT2D eigenvalue weighted by molar-refractivity contribution is 7.91. The summed E-state index contributed by atoms with van der Waals surface area (Å²) in [6.07, 6.45) is 1.80. The quantitative estimate of drug-likeness (QED) is 0.846. The van der Waals surface area contributed by atoms with Crippen molar-refractivity contribution in [2.75, 3.05) is 5.75 Å². The van der Waals surface area contributed by atoms with Crippen molar-refractivity contribution in [1.29, 1.82) is 0 Å². The maximum Gasteiger partial charge on any atom is 0.336 e. The normalized spacial score (nSPS) is 11.2. The molecule has 98 valence electrons. The molecule has 18 heavy (non-hydrogen) atoms. The summed E-state index contributed by atoms with van der Waals surface area (Å²) in [5, 5.41) is 9.08. The third-order valence-corrected chi connectivity index (χ3v) is 4.57. The second-order valence-corrected chi connectivity index (χ2v) is 6.29. The average molecular weight is 289 g/mol. The molecule has 0 aliphatic carbocycles. The monoisotopic (exact) mass is 288 g/mol. The summed E-state index contributed by atoms with van der Waals surface area (Å²) in [4.78, 5) is 11.0. The van der Waals surface area contributed by atoms with E-state index in [2.05, 4.69) is 6.58 Å². The first-order valence-electron chi connectivity index (χ1n) is 5.16. The lowest BCUT2D eigenvalue weighted by Gasteiger charge is -2.10. The number of allylic oxidation sites excluding steroid dienone is 1. The maximum absolute atomic E-state index is 12.0. The number of rotatable bonds is 5. The molecule has 1 aromatic rings. The predicted octanol–water partition coefficient (Wildman–Crippen LogP) is 2.70. The van der Waals surface area contributed by atoms with Crippen LogP contribution in [0.2, 0.25) is 5.02 Å². The zero-order valence-electron chi connectivity index (χ0n) is 9.81. The van der Waals surface area contributed by atoms with Gasteiger partial charge >= 0.3 is 5.97 Å². The van der Waals surface area contributed by atoms with Gasteiger partial charge in [-0.05, 0) is 31.0 Å². The predicted molar refractivity (Wildman–Crippen MR) is 70.0 cm³/mol. The van der Waals surface area contributed by atoms with E-state index in [9.17, 15) is 13.2 Å². The van der Waals surface area contributed by atoms with Gasteiger partial charge < -0.3 is 5.11 Å². The van der Waals surface area contributed by atoms with Gasteiger partial charge in [-0.3, -0.25) is 0 Å². The van der Waals surface area contributed by atoms with Gasteiger partial charge in [-0.15, -0.1) is 6.58 Å². The molecule has 1 N–H and O–H groups in total. The van der Waals surface area contributed by atoms with Crippen LogP contribution in [-0.2, 0) is 9.84 Å². The number of aromatic carboxylic acids is 1. The second-order valence-electron chi connectivity index (χ2n) is 3.78. The van der Waals surface area contributed by atoms with Crippen molar-refractivity contribution in [3.8, 4) is 0 Å². The van der Waals surface area contributed by atoms with Crippen LogP contribution >= 0.6 is 11.6 Å². The van der Waals surface area contributed by atoms with Crippen molar-refractivity contribution in [2.24, 2.45) is 0 Å². The minimum absolute atomic E-state index is 0.0331. The fourth-order valence-electron chi connectivity index (χ4n) is 1.55. The zero-order chi connectivity index (χ0) is 13.9. The number of hydrogen-bond donors (Lipinski definition) is 1. The highest BCUT2D eigenvalue weighted by atomic mass is 35.5. The highest BCUT2D eigenvalue weighted by Crippen LogP contribution is 2.25. The van der Waals surface area contributed by atoms with Crippen molar-refractivity contribution >= 4 is 27.4 Å². The van der Waals surface area contributed by atoms with E-state index in [0.717, 1.165) is 0 Å². The highest BCUT2D eigenvalue weighted by Gasteiger charge is 2.21. The van der Waals surface area contributed by atoms with E-state index in [0.29, 0.717) is 6.42 Å². The van der Waals surface area contributed by atoms with Gasteiger partial charge in [0.2, 0.25) is 0 Å². The summed E-state index contributed by atoms with van der Waals surface area (Å²) in [6, 6.07) is 2.52. The SMILES string of the molecule is C=CCCS(=O)(=O)c1cc(Cl)cc(C(=O)O)c1C. The first-order chi connectivity index (χ1) is 8.29. The molecule has 0 saturated carbocycles. The minimum Gasteiger partial charge on any atom is -0.478 e. The van der Waals surface area contributed by atoms with Crippen LogP contribution in [0.15, 0.2) is 29.7 Å². The topological polar surface area (TPSA) is 71.4 Å². The molecular formula is C12H13ClO4S. The van der Waals surface area contributed by atoms with Crippen LogP contribution in [0.5, 0.6) is 0 Å². The molecule has 0 fully saturated rings. The Bertz CT molecular complexity index is 590. The van der Waals surface area contributed by atoms with Crippen molar-refractivity contribution in [3.05, 3.63) is 40.9 Å². The fourth-order valence-corrected chi connectivity index (χ4v) is 3.41. The molecule has 6 heteroatoms. The number of halogens is 1. The van der Waals surface area contributed by atoms with E-state index >= 15 is 0 Å². The number of hydrogen-bond acceptors (Lipinski definition) is 3. The van der Waals surface area contributed by atoms with Gasteiger partial charge in [0, 0.05) is 5.02 Å². The molecular weight excluding hydrogens is 276 g/mol. The summed E-state index contributed by atoms with van der Waals surface area (Å²) >= 11 is 5.76. The van der Waals surface area contributed by atoms with E-state index in [1.807, 2.05) is 0 Å². The molecule has 0 spiro atoms. The van der Waals surface area contributed by atoms with Crippen LogP contribution in [0.4, 0.5) is 0 Å². The molecule has 1 aromatic carbocycles. The van der Waals surface area contributed by atoms with Crippen molar-refractivity contribution in [3.63, 3.8) is 0 Å². The number of carboxylic acids is 1. The third-order valence-electron chi connectivity index (χ3n) is 2.48. The maximum atomic E-state index is 12.0. The van der Waals surface area contributed by atoms with Crippen molar-refractivity contribution < 1.29 is 18.3 Å². The van der Waals surface area contributed by atoms with Gasteiger partial charge in [-0.1, -0.05) is 17.7 Å². The lowest BCUT2D eigenvalue weighted by molar-refractivity contribution is 0.0696. The van der Waals surface area contributed by atoms with E-state index in [1.54, 1.807) is 0 Å². The van der Waals surface area contributed by atoms with Crippen LogP contribution in [-0.4, -0.2) is 25.2 Å². The van der Waals surface area contributed by atoms with Gasteiger partial charge in [0.15, 0.2) is 9.84 Å². The Kier molecular flexibility index (Phi) is 4.53. The van der Waals surface area contributed by atoms with Crippen molar-refractivity contribution in [1.82, 2.24) is 0 Å². The van der Waals surface area contributed by atoms with Gasteiger partial charge in [0.05, 0.1) is 16.2 Å². The number of carboxylic acid groups (broad SMARTS) is 1. The molecule has 0 aliphatic heterocycles. The Balaban J connectivity index is 3.41. The van der Waals surface area contributed by atoms with Gasteiger partial charge in [-0.2, -0.15) is 0 Å². The molecule has 0 aromatic heterocycles. The molecule has 0 saturated heterocycles. The smallest absolute Gasteiger partial charge is 0.336 e. The molecule has 4 nitrogen and oxygen atoms in total. The lowest BCUT2D eigenvalue weighted by atomic mass is 10.1. The van der Waals surface area contributed by atoms with Crippen molar-refractivity contribution in [2.45, 2.75) is 18.2 Å². The minimum atomic E-state index is -3.55. The van der Waals surface area contributed by atoms with Crippen LogP contribution < -0.4 is 0 Å². The van der Waals surface area contributed by atoms with E-state index in [1.165, 1.54) is 25.1 Å². The zero-order valence-corrected chi connectivity index (χ0v) is 11.4. The first kappa shape index (κ1) is 14.7. The molecule has 0 aliphatic rings. The van der Waals surface area contributed by atoms with Crippen LogP contribution in [0.25, 0.3) is 0 Å². The third kappa shape index (κ3) is 3.11.